The maximum atomic E-state index is 12.0. The van der Waals surface area contributed by atoms with Gasteiger partial charge in [-0.3, -0.25) is 0 Å². The second-order valence-electron chi connectivity index (χ2n) is 4.92. The monoisotopic (exact) mass is 381 g/mol. The number of benzene rings is 1. The Kier molecular flexibility index (Phi) is 5.53. The Hall–Kier alpha value is 0.450. The van der Waals surface area contributed by atoms with Crippen LogP contribution in [-0.2, 0) is 11.4 Å². The van der Waals surface area contributed by atoms with E-state index in [0.717, 1.165) is 14.5 Å². The van der Waals surface area contributed by atoms with Crippen LogP contribution in [0.15, 0.2) is 27.1 Å². The van der Waals surface area contributed by atoms with E-state index >= 15 is 0 Å². The fraction of sp³-hybridized carbons (Fsp3) is 0.500. The minimum Gasteiger partial charge on any atom is -0.598 e. The lowest BCUT2D eigenvalue weighted by atomic mass is 10.1. The highest BCUT2D eigenvalue weighted by atomic mass is 79.9. The van der Waals surface area contributed by atoms with Crippen molar-refractivity contribution in [1.29, 1.82) is 0 Å². The Morgan fingerprint density at radius 3 is 2.06 bits per heavy atom. The van der Waals surface area contributed by atoms with Gasteiger partial charge in [0, 0.05) is 20.3 Å². The number of hydrogen-bond acceptors (Lipinski definition) is 2. The Morgan fingerprint density at radius 2 is 1.65 bits per heavy atom. The van der Waals surface area contributed by atoms with E-state index in [4.69, 9.17) is 0 Å². The van der Waals surface area contributed by atoms with Crippen molar-refractivity contribution in [2.24, 2.45) is 0 Å². The average Bonchev–Trinajstić information content (AvgIpc) is 2.14. The van der Waals surface area contributed by atoms with Crippen molar-refractivity contribution >= 4 is 43.2 Å². The van der Waals surface area contributed by atoms with Gasteiger partial charge in [0.1, 0.15) is 4.75 Å². The van der Waals surface area contributed by atoms with Crippen LogP contribution in [0.3, 0.4) is 0 Å². The van der Waals surface area contributed by atoms with Gasteiger partial charge in [0.25, 0.3) is 0 Å². The summed E-state index contributed by atoms with van der Waals surface area (Å²) in [6.45, 7) is 7.89. The minimum atomic E-state index is -1.06. The third-order valence-electron chi connectivity index (χ3n) is 2.22. The molecule has 0 amide bonds. The van der Waals surface area contributed by atoms with Crippen LogP contribution in [0, 0.1) is 0 Å². The molecule has 2 nitrogen and oxygen atoms in total. The van der Waals surface area contributed by atoms with Gasteiger partial charge in [0.05, 0.1) is 6.04 Å². The van der Waals surface area contributed by atoms with Crippen LogP contribution >= 0.6 is 31.9 Å². The molecule has 0 aliphatic carbocycles. The zero-order chi connectivity index (χ0) is 13.2. The summed E-state index contributed by atoms with van der Waals surface area (Å²) in [6, 6.07) is 6.09. The molecule has 1 N–H and O–H groups in total. The number of rotatable bonds is 3. The van der Waals surface area contributed by atoms with Crippen LogP contribution in [0.2, 0.25) is 0 Å². The summed E-state index contributed by atoms with van der Waals surface area (Å²) in [6.07, 6.45) is 0. The van der Waals surface area contributed by atoms with Crippen molar-refractivity contribution in [3.05, 3.63) is 32.7 Å². The molecule has 0 aromatic heterocycles. The predicted molar refractivity (Wildman–Crippen MR) is 81.3 cm³/mol. The number of halogens is 2. The molecule has 2 atom stereocenters. The zero-order valence-electron chi connectivity index (χ0n) is 10.4. The first kappa shape index (κ1) is 15.5. The molecule has 1 aromatic carbocycles. The van der Waals surface area contributed by atoms with Gasteiger partial charge in [-0.2, -0.15) is 0 Å². The van der Waals surface area contributed by atoms with E-state index in [9.17, 15) is 4.55 Å². The largest absolute Gasteiger partial charge is 0.598 e. The SMILES string of the molecule is C[C@@H](N[S+]([O-])C(C)(C)C)c1cc(Br)cc(Br)c1. The summed E-state index contributed by atoms with van der Waals surface area (Å²) in [4.78, 5) is 0. The molecule has 0 aliphatic rings. The van der Waals surface area contributed by atoms with Crippen LogP contribution in [0.25, 0.3) is 0 Å². The smallest absolute Gasteiger partial charge is 0.136 e. The van der Waals surface area contributed by atoms with Crippen molar-refractivity contribution in [1.82, 2.24) is 4.72 Å². The van der Waals surface area contributed by atoms with Crippen molar-refractivity contribution in [3.63, 3.8) is 0 Å². The molecule has 0 fully saturated rings. The summed E-state index contributed by atoms with van der Waals surface area (Å²) < 4.78 is 16.9. The van der Waals surface area contributed by atoms with E-state index in [1.807, 2.05) is 45.9 Å². The molecule has 96 valence electrons. The van der Waals surface area contributed by atoms with Crippen molar-refractivity contribution in [2.45, 2.75) is 38.5 Å². The molecule has 0 saturated carbocycles. The van der Waals surface area contributed by atoms with Gasteiger partial charge in [-0.25, -0.2) is 0 Å². The van der Waals surface area contributed by atoms with Gasteiger partial charge in [-0.05, 0) is 51.5 Å². The Bertz CT molecular complexity index is 372. The van der Waals surface area contributed by atoms with E-state index in [0.29, 0.717) is 0 Å². The molecule has 0 spiro atoms. The Morgan fingerprint density at radius 1 is 1.18 bits per heavy atom. The molecule has 1 rings (SSSR count). The van der Waals surface area contributed by atoms with Crippen LogP contribution in [0.5, 0.6) is 0 Å². The highest BCUT2D eigenvalue weighted by Gasteiger charge is 2.28. The molecule has 17 heavy (non-hydrogen) atoms. The molecule has 0 radical (unpaired) electrons. The van der Waals surface area contributed by atoms with E-state index in [1.54, 1.807) is 0 Å². The summed E-state index contributed by atoms with van der Waals surface area (Å²) in [5, 5.41) is 0. The third-order valence-corrected chi connectivity index (χ3v) is 4.82. The molecule has 1 aromatic rings. The summed E-state index contributed by atoms with van der Waals surface area (Å²) in [5.74, 6) is 0. The van der Waals surface area contributed by atoms with Crippen LogP contribution < -0.4 is 4.72 Å². The third kappa shape index (κ3) is 4.91. The highest BCUT2D eigenvalue weighted by molar-refractivity contribution is 9.11. The minimum absolute atomic E-state index is 0.0452. The number of nitrogens with one attached hydrogen (secondary N) is 1. The lowest BCUT2D eigenvalue weighted by Gasteiger charge is -2.26. The lowest BCUT2D eigenvalue weighted by Crippen LogP contribution is -2.40. The van der Waals surface area contributed by atoms with E-state index in [1.165, 1.54) is 0 Å². The molecular formula is C12H17Br2NOS. The quantitative estimate of drug-likeness (QED) is 0.789. The summed E-state index contributed by atoms with van der Waals surface area (Å²) >= 11 is 5.84. The molecular weight excluding hydrogens is 366 g/mol. The second-order valence-corrected chi connectivity index (χ2v) is 8.75. The number of hydrogen-bond donors (Lipinski definition) is 1. The van der Waals surface area contributed by atoms with E-state index in [-0.39, 0.29) is 10.8 Å². The topological polar surface area (TPSA) is 35.1 Å². The molecule has 0 aliphatic heterocycles. The van der Waals surface area contributed by atoms with Gasteiger partial charge >= 0.3 is 0 Å². The molecule has 5 heteroatoms. The van der Waals surface area contributed by atoms with Crippen LogP contribution in [-0.4, -0.2) is 9.30 Å². The summed E-state index contributed by atoms with van der Waals surface area (Å²) in [5.41, 5.74) is 1.10. The van der Waals surface area contributed by atoms with Gasteiger partial charge in [-0.15, -0.1) is 4.72 Å². The standard InChI is InChI=1S/C12H17Br2NOS/c1-8(15-17(16)12(2,3)4)9-5-10(13)7-11(14)6-9/h5-8,15H,1-4H3/t8-,17?/m1/s1. The van der Waals surface area contributed by atoms with E-state index < -0.39 is 11.4 Å². The molecule has 0 bridgehead atoms. The normalized spacial score (nSPS) is 15.7. The fourth-order valence-corrected chi connectivity index (χ4v) is 3.37. The fourth-order valence-electron chi connectivity index (χ4n) is 1.23. The van der Waals surface area contributed by atoms with Gasteiger partial charge in [-0.1, -0.05) is 31.9 Å². The maximum Gasteiger partial charge on any atom is 0.136 e. The van der Waals surface area contributed by atoms with Crippen molar-refractivity contribution in [2.75, 3.05) is 0 Å². The highest BCUT2D eigenvalue weighted by Crippen LogP contribution is 2.25. The van der Waals surface area contributed by atoms with Gasteiger partial charge < -0.3 is 4.55 Å². The maximum absolute atomic E-state index is 12.0. The van der Waals surface area contributed by atoms with Gasteiger partial charge in [0.2, 0.25) is 0 Å². The summed E-state index contributed by atoms with van der Waals surface area (Å²) in [7, 11) is 0. The predicted octanol–water partition coefficient (Wildman–Crippen LogP) is 4.32. The Balaban J connectivity index is 2.79. The first-order valence-electron chi connectivity index (χ1n) is 5.34. The first-order valence-corrected chi connectivity index (χ1v) is 8.08. The van der Waals surface area contributed by atoms with Crippen LogP contribution in [0.4, 0.5) is 0 Å². The van der Waals surface area contributed by atoms with E-state index in [2.05, 4.69) is 36.6 Å². The van der Waals surface area contributed by atoms with Crippen molar-refractivity contribution < 1.29 is 4.55 Å². The lowest BCUT2D eigenvalue weighted by molar-refractivity contribution is 0.531. The van der Waals surface area contributed by atoms with Crippen molar-refractivity contribution in [3.8, 4) is 0 Å². The first-order chi connectivity index (χ1) is 7.70. The average molecular weight is 383 g/mol. The van der Waals surface area contributed by atoms with Crippen LogP contribution in [0.1, 0.15) is 39.3 Å². The zero-order valence-corrected chi connectivity index (χ0v) is 14.4. The molecule has 0 heterocycles. The van der Waals surface area contributed by atoms with Gasteiger partial charge in [0.15, 0.2) is 0 Å². The Labute approximate surface area is 123 Å². The molecule has 0 saturated heterocycles. The molecule has 1 unspecified atom stereocenters. The second kappa shape index (κ2) is 6.06.